The molecule has 2 unspecified atom stereocenters. The van der Waals surface area contributed by atoms with Crippen molar-refractivity contribution >= 4 is 0 Å². The Hall–Kier alpha value is -1.57. The van der Waals surface area contributed by atoms with Crippen molar-refractivity contribution < 1.29 is 4.74 Å². The number of fused-ring (bicyclic) bond motifs is 1. The lowest BCUT2D eigenvalue weighted by molar-refractivity contribution is 0.305. The molecule has 0 saturated carbocycles. The van der Waals surface area contributed by atoms with E-state index in [-0.39, 0.29) is 0 Å². The fourth-order valence-electron chi connectivity index (χ4n) is 3.48. The summed E-state index contributed by atoms with van der Waals surface area (Å²) in [7, 11) is 1.69. The molecule has 4 heteroatoms. The Labute approximate surface area is 120 Å². The SMILES string of the molecule is COc1ccc(C#N)cc1CN1CC2CCCNC2C1. The summed E-state index contributed by atoms with van der Waals surface area (Å²) in [5, 5.41) is 12.7. The van der Waals surface area contributed by atoms with Gasteiger partial charge >= 0.3 is 0 Å². The maximum Gasteiger partial charge on any atom is 0.123 e. The van der Waals surface area contributed by atoms with Gasteiger partial charge in [0.25, 0.3) is 0 Å². The quantitative estimate of drug-likeness (QED) is 0.910. The summed E-state index contributed by atoms with van der Waals surface area (Å²) >= 11 is 0. The lowest BCUT2D eigenvalue weighted by atomic mass is 9.94. The lowest BCUT2D eigenvalue weighted by Gasteiger charge is -2.24. The van der Waals surface area contributed by atoms with Crippen LogP contribution in [-0.2, 0) is 6.54 Å². The van der Waals surface area contributed by atoms with Crippen LogP contribution in [0.4, 0.5) is 0 Å². The van der Waals surface area contributed by atoms with E-state index in [9.17, 15) is 0 Å². The number of nitrogens with one attached hydrogen (secondary N) is 1. The molecule has 2 aliphatic rings. The average Bonchev–Trinajstić information content (AvgIpc) is 2.89. The first kappa shape index (κ1) is 13.4. The van der Waals surface area contributed by atoms with Crippen molar-refractivity contribution in [2.75, 3.05) is 26.7 Å². The second kappa shape index (κ2) is 5.82. The number of rotatable bonds is 3. The van der Waals surface area contributed by atoms with Crippen molar-refractivity contribution in [1.29, 1.82) is 5.26 Å². The topological polar surface area (TPSA) is 48.3 Å². The zero-order valence-electron chi connectivity index (χ0n) is 11.9. The van der Waals surface area contributed by atoms with Crippen LogP contribution in [0.5, 0.6) is 5.75 Å². The molecule has 2 fully saturated rings. The van der Waals surface area contributed by atoms with Crippen LogP contribution >= 0.6 is 0 Å². The Kier molecular flexibility index (Phi) is 3.90. The lowest BCUT2D eigenvalue weighted by Crippen LogP contribution is -2.40. The zero-order valence-corrected chi connectivity index (χ0v) is 11.9. The van der Waals surface area contributed by atoms with E-state index in [1.165, 1.54) is 12.8 Å². The smallest absolute Gasteiger partial charge is 0.123 e. The largest absolute Gasteiger partial charge is 0.496 e. The molecule has 0 bridgehead atoms. The first-order valence-electron chi connectivity index (χ1n) is 7.33. The molecule has 2 atom stereocenters. The fraction of sp³-hybridized carbons (Fsp3) is 0.562. The van der Waals surface area contributed by atoms with E-state index in [0.717, 1.165) is 43.4 Å². The van der Waals surface area contributed by atoms with Crippen molar-refractivity contribution in [1.82, 2.24) is 10.2 Å². The molecule has 0 aromatic heterocycles. The molecule has 4 nitrogen and oxygen atoms in total. The number of piperidine rings is 1. The summed E-state index contributed by atoms with van der Waals surface area (Å²) in [5.74, 6) is 1.67. The molecule has 1 N–H and O–H groups in total. The van der Waals surface area contributed by atoms with Crippen molar-refractivity contribution in [3.8, 4) is 11.8 Å². The predicted octanol–water partition coefficient (Wildman–Crippen LogP) is 1.75. The number of methoxy groups -OCH3 is 1. The molecule has 106 valence electrons. The molecule has 0 spiro atoms. The summed E-state index contributed by atoms with van der Waals surface area (Å²) < 4.78 is 5.42. The Morgan fingerprint density at radius 3 is 3.10 bits per heavy atom. The number of nitriles is 1. The summed E-state index contributed by atoms with van der Waals surface area (Å²) in [6, 6.07) is 8.52. The highest BCUT2D eigenvalue weighted by Gasteiger charge is 2.34. The van der Waals surface area contributed by atoms with E-state index < -0.39 is 0 Å². The summed E-state index contributed by atoms with van der Waals surface area (Å²) in [6.45, 7) is 4.28. The molecule has 2 aliphatic heterocycles. The van der Waals surface area contributed by atoms with Gasteiger partial charge in [-0.05, 0) is 43.5 Å². The Morgan fingerprint density at radius 2 is 2.35 bits per heavy atom. The maximum absolute atomic E-state index is 9.04. The van der Waals surface area contributed by atoms with Gasteiger partial charge in [-0.25, -0.2) is 0 Å². The van der Waals surface area contributed by atoms with Crippen molar-refractivity contribution in [3.05, 3.63) is 29.3 Å². The van der Waals surface area contributed by atoms with Crippen LogP contribution in [0, 0.1) is 17.2 Å². The van der Waals surface area contributed by atoms with Gasteiger partial charge in [-0.2, -0.15) is 5.26 Å². The van der Waals surface area contributed by atoms with Gasteiger partial charge < -0.3 is 10.1 Å². The van der Waals surface area contributed by atoms with Gasteiger partial charge in [0.1, 0.15) is 5.75 Å². The maximum atomic E-state index is 9.04. The van der Waals surface area contributed by atoms with Gasteiger partial charge in [0.15, 0.2) is 0 Å². The van der Waals surface area contributed by atoms with Crippen molar-refractivity contribution in [2.24, 2.45) is 5.92 Å². The van der Waals surface area contributed by atoms with Crippen LogP contribution in [0.25, 0.3) is 0 Å². The monoisotopic (exact) mass is 271 g/mol. The standard InChI is InChI=1S/C16H21N3O/c1-20-16-5-4-12(8-17)7-14(16)10-19-9-13-3-2-6-18-15(13)11-19/h4-5,7,13,15,18H,2-3,6,9-11H2,1H3. The molecule has 2 saturated heterocycles. The van der Waals surface area contributed by atoms with Gasteiger partial charge in [0, 0.05) is 31.2 Å². The van der Waals surface area contributed by atoms with E-state index in [2.05, 4.69) is 16.3 Å². The van der Waals surface area contributed by atoms with E-state index in [1.54, 1.807) is 7.11 Å². The molecule has 0 radical (unpaired) electrons. The van der Waals surface area contributed by atoms with E-state index in [4.69, 9.17) is 10.00 Å². The van der Waals surface area contributed by atoms with Gasteiger partial charge in [-0.1, -0.05) is 0 Å². The van der Waals surface area contributed by atoms with Crippen LogP contribution in [0.15, 0.2) is 18.2 Å². The first-order valence-corrected chi connectivity index (χ1v) is 7.33. The normalized spacial score (nSPS) is 26.0. The second-order valence-corrected chi connectivity index (χ2v) is 5.80. The molecule has 1 aromatic carbocycles. The molecule has 1 aromatic rings. The van der Waals surface area contributed by atoms with Crippen LogP contribution in [0.3, 0.4) is 0 Å². The van der Waals surface area contributed by atoms with E-state index in [0.29, 0.717) is 11.6 Å². The van der Waals surface area contributed by atoms with Crippen molar-refractivity contribution in [3.63, 3.8) is 0 Å². The summed E-state index contributed by atoms with van der Waals surface area (Å²) in [6.07, 6.45) is 2.63. The van der Waals surface area contributed by atoms with Gasteiger partial charge in [-0.15, -0.1) is 0 Å². The summed E-state index contributed by atoms with van der Waals surface area (Å²) in [4.78, 5) is 2.48. The Morgan fingerprint density at radius 1 is 1.45 bits per heavy atom. The number of nitrogens with zero attached hydrogens (tertiary/aromatic N) is 2. The predicted molar refractivity (Wildman–Crippen MR) is 77.5 cm³/mol. The second-order valence-electron chi connectivity index (χ2n) is 5.80. The third-order valence-electron chi connectivity index (χ3n) is 4.48. The molecular weight excluding hydrogens is 250 g/mol. The molecule has 0 amide bonds. The van der Waals surface area contributed by atoms with Gasteiger partial charge in [0.2, 0.25) is 0 Å². The molecular formula is C16H21N3O. The molecule has 0 aliphatic carbocycles. The van der Waals surface area contributed by atoms with Crippen LogP contribution < -0.4 is 10.1 Å². The molecule has 3 rings (SSSR count). The number of hydrogen-bond donors (Lipinski definition) is 1. The van der Waals surface area contributed by atoms with E-state index >= 15 is 0 Å². The van der Waals surface area contributed by atoms with Crippen LogP contribution in [0.2, 0.25) is 0 Å². The number of ether oxygens (including phenoxy) is 1. The third kappa shape index (κ3) is 2.65. The Balaban J connectivity index is 1.73. The highest BCUT2D eigenvalue weighted by atomic mass is 16.5. The molecule has 2 heterocycles. The van der Waals surface area contributed by atoms with E-state index in [1.807, 2.05) is 18.2 Å². The van der Waals surface area contributed by atoms with Crippen molar-refractivity contribution in [2.45, 2.75) is 25.4 Å². The average molecular weight is 271 g/mol. The minimum Gasteiger partial charge on any atom is -0.496 e. The molecule has 20 heavy (non-hydrogen) atoms. The minimum absolute atomic E-state index is 0.647. The summed E-state index contributed by atoms with van der Waals surface area (Å²) in [5.41, 5.74) is 1.82. The minimum atomic E-state index is 0.647. The first-order chi connectivity index (χ1) is 9.80. The van der Waals surface area contributed by atoms with Crippen LogP contribution in [0.1, 0.15) is 24.0 Å². The highest BCUT2D eigenvalue weighted by Crippen LogP contribution is 2.28. The number of likely N-dealkylation sites (tertiary alicyclic amines) is 1. The number of benzene rings is 1. The fourth-order valence-corrected chi connectivity index (χ4v) is 3.48. The third-order valence-corrected chi connectivity index (χ3v) is 4.48. The van der Waals surface area contributed by atoms with Crippen LogP contribution in [-0.4, -0.2) is 37.7 Å². The number of hydrogen-bond acceptors (Lipinski definition) is 4. The highest BCUT2D eigenvalue weighted by molar-refractivity contribution is 5.42. The Bertz CT molecular complexity index is 509. The van der Waals surface area contributed by atoms with Gasteiger partial charge in [-0.3, -0.25) is 4.90 Å². The zero-order chi connectivity index (χ0) is 13.9. The van der Waals surface area contributed by atoms with Gasteiger partial charge in [0.05, 0.1) is 18.7 Å².